The maximum absolute atomic E-state index is 13.5. The Morgan fingerprint density at radius 2 is 1.86 bits per heavy atom. The minimum atomic E-state index is -0.234. The summed E-state index contributed by atoms with van der Waals surface area (Å²) in [4.78, 5) is 18.3. The number of amides is 1. The summed E-state index contributed by atoms with van der Waals surface area (Å²) in [5.74, 6) is 2.45. The highest BCUT2D eigenvalue weighted by Crippen LogP contribution is 2.35. The Morgan fingerprint density at radius 3 is 2.61 bits per heavy atom. The van der Waals surface area contributed by atoms with Gasteiger partial charge in [-0.1, -0.05) is 0 Å². The highest BCUT2D eigenvalue weighted by atomic mass is 16.6. The highest BCUT2D eigenvalue weighted by molar-refractivity contribution is 6.06. The van der Waals surface area contributed by atoms with Gasteiger partial charge in [0.2, 0.25) is 0 Å². The van der Waals surface area contributed by atoms with Crippen molar-refractivity contribution in [2.45, 2.75) is 26.4 Å². The van der Waals surface area contributed by atoms with Crippen LogP contribution in [-0.2, 0) is 6.54 Å². The van der Waals surface area contributed by atoms with E-state index in [0.717, 1.165) is 11.1 Å². The first-order valence-electron chi connectivity index (χ1n) is 11.8. The number of pyridine rings is 1. The Morgan fingerprint density at radius 1 is 1.06 bits per heavy atom. The summed E-state index contributed by atoms with van der Waals surface area (Å²) in [6.07, 6.45) is 1.69. The molecule has 0 fully saturated rings. The lowest BCUT2D eigenvalue weighted by Crippen LogP contribution is -2.23. The number of nitrogens with one attached hydrogen (secondary N) is 1. The molecule has 1 amide bonds. The van der Waals surface area contributed by atoms with Crippen LogP contribution in [0.3, 0.4) is 0 Å². The molecule has 2 aromatic carbocycles. The average molecular weight is 489 g/mol. The van der Waals surface area contributed by atoms with Crippen LogP contribution in [0.5, 0.6) is 23.0 Å². The van der Waals surface area contributed by atoms with Gasteiger partial charge in [-0.25, -0.2) is 9.67 Å². The Labute approximate surface area is 208 Å². The minimum absolute atomic E-state index is 0.0741. The lowest BCUT2D eigenvalue weighted by Gasteiger charge is -2.19. The highest BCUT2D eigenvalue weighted by Gasteiger charge is 2.20. The van der Waals surface area contributed by atoms with Crippen LogP contribution < -0.4 is 24.3 Å². The summed E-state index contributed by atoms with van der Waals surface area (Å²) in [7, 11) is 3.19. The van der Waals surface area contributed by atoms with E-state index in [-0.39, 0.29) is 18.5 Å². The van der Waals surface area contributed by atoms with E-state index < -0.39 is 0 Å². The molecule has 0 radical (unpaired) electrons. The molecular weight excluding hydrogens is 460 g/mol. The van der Waals surface area contributed by atoms with Crippen LogP contribution in [0, 0.1) is 0 Å². The molecule has 9 nitrogen and oxygen atoms in total. The third-order valence-electron chi connectivity index (χ3n) is 6.07. The fourth-order valence-electron chi connectivity index (χ4n) is 4.20. The normalized spacial score (nSPS) is 12.6. The molecule has 1 N–H and O–H groups in total. The number of ether oxygens (including phenoxy) is 4. The number of aromatic nitrogens is 3. The zero-order valence-corrected chi connectivity index (χ0v) is 20.7. The first-order valence-corrected chi connectivity index (χ1v) is 11.8. The molecule has 2 aromatic heterocycles. The first-order chi connectivity index (χ1) is 17.5. The van der Waals surface area contributed by atoms with Crippen LogP contribution in [-0.4, -0.2) is 48.1 Å². The molecule has 4 aromatic rings. The lowest BCUT2D eigenvalue weighted by molar-refractivity contribution is 0.0952. The first kappa shape index (κ1) is 23.5. The van der Waals surface area contributed by atoms with Crippen LogP contribution in [0.25, 0.3) is 22.3 Å². The number of rotatable bonds is 7. The topological polar surface area (TPSA) is 96.7 Å². The number of hydrogen-bond acceptors (Lipinski definition) is 7. The van der Waals surface area contributed by atoms with Crippen LogP contribution >= 0.6 is 0 Å². The number of benzene rings is 2. The molecule has 5 rings (SSSR count). The van der Waals surface area contributed by atoms with Gasteiger partial charge in [0, 0.05) is 29.8 Å². The molecule has 0 spiro atoms. The van der Waals surface area contributed by atoms with Gasteiger partial charge in [0.05, 0.1) is 37.1 Å². The summed E-state index contributed by atoms with van der Waals surface area (Å²) < 4.78 is 24.0. The van der Waals surface area contributed by atoms with Crippen molar-refractivity contribution in [2.24, 2.45) is 0 Å². The second kappa shape index (κ2) is 9.77. The molecule has 0 atom stereocenters. The van der Waals surface area contributed by atoms with E-state index in [1.165, 1.54) is 0 Å². The molecule has 186 valence electrons. The van der Waals surface area contributed by atoms with E-state index in [2.05, 4.69) is 10.4 Å². The SMILES string of the molecule is COc1ccc(CNC(=O)c2cc(-c3ccc4c(c3)OCCO4)nc3c2cnn3C(C)C)c(OC)c1. The van der Waals surface area contributed by atoms with Gasteiger partial charge in [0.15, 0.2) is 17.1 Å². The molecule has 0 saturated heterocycles. The Bertz CT molecular complexity index is 1430. The Hall–Kier alpha value is -4.27. The molecule has 1 aliphatic heterocycles. The van der Waals surface area contributed by atoms with E-state index in [0.29, 0.717) is 58.5 Å². The summed E-state index contributed by atoms with van der Waals surface area (Å²) in [5, 5.41) is 8.21. The molecule has 9 heteroatoms. The summed E-state index contributed by atoms with van der Waals surface area (Å²) in [6, 6.07) is 13.0. The van der Waals surface area contributed by atoms with Gasteiger partial charge in [-0.05, 0) is 50.2 Å². The van der Waals surface area contributed by atoms with Crippen molar-refractivity contribution in [3.05, 3.63) is 59.8 Å². The quantitative estimate of drug-likeness (QED) is 0.412. The van der Waals surface area contributed by atoms with Crippen molar-refractivity contribution in [3.63, 3.8) is 0 Å². The number of methoxy groups -OCH3 is 2. The van der Waals surface area contributed by atoms with Crippen molar-refractivity contribution in [2.75, 3.05) is 27.4 Å². The molecule has 3 heterocycles. The molecular formula is C27H28N4O5. The van der Waals surface area contributed by atoms with Gasteiger partial charge in [-0.15, -0.1) is 0 Å². The van der Waals surface area contributed by atoms with Gasteiger partial charge in [-0.2, -0.15) is 5.10 Å². The summed E-state index contributed by atoms with van der Waals surface area (Å²) >= 11 is 0. The van der Waals surface area contributed by atoms with Gasteiger partial charge in [-0.3, -0.25) is 4.79 Å². The van der Waals surface area contributed by atoms with E-state index in [1.807, 2.05) is 48.9 Å². The summed E-state index contributed by atoms with van der Waals surface area (Å²) in [6.45, 7) is 5.35. The zero-order chi connectivity index (χ0) is 25.2. The van der Waals surface area contributed by atoms with E-state index >= 15 is 0 Å². The average Bonchev–Trinajstić information content (AvgIpc) is 3.35. The molecule has 0 bridgehead atoms. The predicted molar refractivity (Wildman–Crippen MR) is 135 cm³/mol. The van der Waals surface area contributed by atoms with Gasteiger partial charge < -0.3 is 24.3 Å². The van der Waals surface area contributed by atoms with Crippen molar-refractivity contribution in [3.8, 4) is 34.3 Å². The van der Waals surface area contributed by atoms with Crippen molar-refractivity contribution in [1.29, 1.82) is 0 Å². The molecule has 0 saturated carbocycles. The van der Waals surface area contributed by atoms with Crippen molar-refractivity contribution in [1.82, 2.24) is 20.1 Å². The number of carbonyl (C=O) groups excluding carboxylic acids is 1. The van der Waals surface area contributed by atoms with Gasteiger partial charge >= 0.3 is 0 Å². The molecule has 36 heavy (non-hydrogen) atoms. The second-order valence-electron chi connectivity index (χ2n) is 8.69. The van der Waals surface area contributed by atoms with Crippen LogP contribution in [0.15, 0.2) is 48.7 Å². The third-order valence-corrected chi connectivity index (χ3v) is 6.07. The smallest absolute Gasteiger partial charge is 0.252 e. The van der Waals surface area contributed by atoms with Crippen molar-refractivity contribution >= 4 is 16.9 Å². The molecule has 0 aliphatic carbocycles. The predicted octanol–water partition coefficient (Wildman–Crippen LogP) is 4.40. The number of nitrogens with zero attached hydrogens (tertiary/aromatic N) is 3. The minimum Gasteiger partial charge on any atom is -0.497 e. The van der Waals surface area contributed by atoms with Crippen LogP contribution in [0.2, 0.25) is 0 Å². The second-order valence-corrected chi connectivity index (χ2v) is 8.69. The number of carbonyl (C=O) groups is 1. The Balaban J connectivity index is 1.52. The Kier molecular flexibility index (Phi) is 6.37. The monoisotopic (exact) mass is 488 g/mol. The number of fused-ring (bicyclic) bond motifs is 2. The maximum Gasteiger partial charge on any atom is 0.252 e. The van der Waals surface area contributed by atoms with Crippen molar-refractivity contribution < 1.29 is 23.7 Å². The van der Waals surface area contributed by atoms with E-state index in [4.69, 9.17) is 23.9 Å². The fraction of sp³-hybridized carbons (Fsp3) is 0.296. The number of hydrogen-bond donors (Lipinski definition) is 1. The lowest BCUT2D eigenvalue weighted by atomic mass is 10.1. The summed E-state index contributed by atoms with van der Waals surface area (Å²) in [5.41, 5.74) is 3.44. The van der Waals surface area contributed by atoms with Gasteiger partial charge in [0.1, 0.15) is 24.7 Å². The largest absolute Gasteiger partial charge is 0.497 e. The van der Waals surface area contributed by atoms with Crippen LogP contribution in [0.1, 0.15) is 35.8 Å². The standard InChI is InChI=1S/C27H28N4O5/c1-16(2)31-26-21(15-29-31)20(27(32)28-14-18-5-7-19(33-3)12-24(18)34-4)13-22(30-26)17-6-8-23-25(11-17)36-10-9-35-23/h5-8,11-13,15-16H,9-10,14H2,1-4H3,(H,28,32). The fourth-order valence-corrected chi connectivity index (χ4v) is 4.20. The van der Waals surface area contributed by atoms with E-state index in [9.17, 15) is 4.79 Å². The zero-order valence-electron chi connectivity index (χ0n) is 20.7. The molecule has 1 aliphatic rings. The third kappa shape index (κ3) is 4.39. The van der Waals surface area contributed by atoms with E-state index in [1.54, 1.807) is 32.5 Å². The maximum atomic E-state index is 13.5. The van der Waals surface area contributed by atoms with Gasteiger partial charge in [0.25, 0.3) is 5.91 Å². The molecule has 0 unspecified atom stereocenters. The van der Waals surface area contributed by atoms with Crippen LogP contribution in [0.4, 0.5) is 0 Å².